The summed E-state index contributed by atoms with van der Waals surface area (Å²) in [6, 6.07) is 0. The van der Waals surface area contributed by atoms with E-state index in [1.165, 1.54) is 0 Å². The first-order chi connectivity index (χ1) is 6.63. The summed E-state index contributed by atoms with van der Waals surface area (Å²) in [6.07, 6.45) is -4.09. The van der Waals surface area contributed by atoms with E-state index < -0.39 is 37.3 Å². The van der Waals surface area contributed by atoms with Gasteiger partial charge in [0.05, 0.1) is 6.61 Å². The summed E-state index contributed by atoms with van der Waals surface area (Å²) in [7, 11) is 0. The smallest absolute Gasteiger partial charge is 0.259 e. The Morgan fingerprint density at radius 2 is 2.29 bits per heavy atom. The second-order valence-corrected chi connectivity index (χ2v) is 3.65. The molecule has 5 atom stereocenters. The highest BCUT2D eigenvalue weighted by Gasteiger charge is 2.51. The van der Waals surface area contributed by atoms with E-state index in [4.69, 9.17) is 26.8 Å². The van der Waals surface area contributed by atoms with Crippen molar-refractivity contribution in [3.05, 3.63) is 0 Å². The summed E-state index contributed by atoms with van der Waals surface area (Å²) >= 11 is 4.72. The quantitative estimate of drug-likeness (QED) is 0.390. The standard InChI is InChI=1S/C7H11NO5S/c9-1-2(10)4-3(11)5-6(12-4)8-7(14)13-5/h2-6,9-11H,1H2,(H,8,14)/t2-,3+,4+,5-,6+/m1/s1. The van der Waals surface area contributed by atoms with Gasteiger partial charge in [-0.05, 0) is 12.2 Å². The molecule has 80 valence electrons. The van der Waals surface area contributed by atoms with Crippen LogP contribution in [0.5, 0.6) is 0 Å². The van der Waals surface area contributed by atoms with Gasteiger partial charge in [0.25, 0.3) is 5.17 Å². The summed E-state index contributed by atoms with van der Waals surface area (Å²) < 4.78 is 10.3. The number of rotatable bonds is 2. The van der Waals surface area contributed by atoms with Gasteiger partial charge < -0.3 is 30.1 Å². The molecule has 2 rings (SSSR count). The third kappa shape index (κ3) is 1.47. The number of thiocarbonyl (C=S) groups is 1. The van der Waals surface area contributed by atoms with Gasteiger partial charge >= 0.3 is 0 Å². The number of aliphatic hydroxyl groups excluding tert-OH is 3. The molecule has 0 radical (unpaired) electrons. The molecule has 6 nitrogen and oxygen atoms in total. The molecule has 0 bridgehead atoms. The topological polar surface area (TPSA) is 91.2 Å². The van der Waals surface area contributed by atoms with Gasteiger partial charge in [0, 0.05) is 0 Å². The summed E-state index contributed by atoms with van der Waals surface area (Å²) in [5.74, 6) is 0. The van der Waals surface area contributed by atoms with E-state index in [-0.39, 0.29) is 5.17 Å². The number of nitrogens with one attached hydrogen (secondary N) is 1. The van der Waals surface area contributed by atoms with Crippen molar-refractivity contribution in [1.82, 2.24) is 5.32 Å². The number of fused-ring (bicyclic) bond motifs is 1. The molecule has 0 aliphatic carbocycles. The van der Waals surface area contributed by atoms with Gasteiger partial charge in [0.1, 0.15) is 18.3 Å². The monoisotopic (exact) mass is 221 g/mol. The summed E-state index contributed by atoms with van der Waals surface area (Å²) in [4.78, 5) is 0. The van der Waals surface area contributed by atoms with Crippen LogP contribution in [-0.4, -0.2) is 57.7 Å². The first-order valence-electron chi connectivity index (χ1n) is 4.23. The lowest BCUT2D eigenvalue weighted by Crippen LogP contribution is -2.41. The summed E-state index contributed by atoms with van der Waals surface area (Å²) in [6.45, 7) is -0.467. The van der Waals surface area contributed by atoms with Crippen molar-refractivity contribution in [1.29, 1.82) is 0 Å². The van der Waals surface area contributed by atoms with E-state index in [0.717, 1.165) is 0 Å². The molecule has 4 N–H and O–H groups in total. The molecule has 0 aromatic rings. The molecule has 0 aromatic heterocycles. The van der Waals surface area contributed by atoms with Crippen molar-refractivity contribution in [2.45, 2.75) is 30.6 Å². The largest absolute Gasteiger partial charge is 0.460 e. The molecule has 0 saturated carbocycles. The molecule has 0 unspecified atom stereocenters. The predicted molar refractivity (Wildman–Crippen MR) is 48.4 cm³/mol. The summed E-state index contributed by atoms with van der Waals surface area (Å²) in [5, 5.41) is 30.5. The number of aliphatic hydroxyl groups is 3. The van der Waals surface area contributed by atoms with Gasteiger partial charge in [-0.1, -0.05) is 0 Å². The lowest BCUT2D eigenvalue weighted by Gasteiger charge is -2.20. The van der Waals surface area contributed by atoms with Gasteiger partial charge in [0.2, 0.25) is 0 Å². The minimum absolute atomic E-state index is 0.177. The molecule has 0 spiro atoms. The van der Waals surface area contributed by atoms with Gasteiger partial charge in [0.15, 0.2) is 12.3 Å². The summed E-state index contributed by atoms with van der Waals surface area (Å²) in [5.41, 5.74) is 0. The molecule has 0 aromatic carbocycles. The van der Waals surface area contributed by atoms with Gasteiger partial charge in [-0.2, -0.15) is 0 Å². The fourth-order valence-electron chi connectivity index (χ4n) is 1.64. The molecule has 2 heterocycles. The highest BCUT2D eigenvalue weighted by atomic mass is 32.1. The zero-order valence-corrected chi connectivity index (χ0v) is 7.98. The molecular formula is C7H11NO5S. The van der Waals surface area contributed by atoms with Crippen LogP contribution in [0.4, 0.5) is 0 Å². The maximum atomic E-state index is 9.66. The average Bonchev–Trinajstić information content (AvgIpc) is 2.64. The molecule has 7 heteroatoms. The van der Waals surface area contributed by atoms with Crippen molar-refractivity contribution in [3.63, 3.8) is 0 Å². The zero-order valence-electron chi connectivity index (χ0n) is 7.16. The van der Waals surface area contributed by atoms with Gasteiger partial charge in [-0.25, -0.2) is 0 Å². The molecule has 14 heavy (non-hydrogen) atoms. The van der Waals surface area contributed by atoms with Crippen LogP contribution >= 0.6 is 12.2 Å². The minimum atomic E-state index is -1.12. The van der Waals surface area contributed by atoms with Crippen LogP contribution in [0.15, 0.2) is 0 Å². The normalized spacial score (nSPS) is 42.9. The Kier molecular flexibility index (Phi) is 2.58. The highest BCUT2D eigenvalue weighted by Crippen LogP contribution is 2.28. The van der Waals surface area contributed by atoms with Crippen LogP contribution in [0.1, 0.15) is 0 Å². The SMILES string of the molecule is OC[C@@H](O)[C@@H]1O[C@@H]2NC(=S)O[C@@H]2[C@H]1O. The highest BCUT2D eigenvalue weighted by molar-refractivity contribution is 7.80. The van der Waals surface area contributed by atoms with Crippen LogP contribution in [-0.2, 0) is 9.47 Å². The zero-order chi connectivity index (χ0) is 10.3. The maximum absolute atomic E-state index is 9.66. The Hall–Kier alpha value is -0.470. The molecule has 0 amide bonds. The van der Waals surface area contributed by atoms with E-state index in [1.807, 2.05) is 0 Å². The first kappa shape index (κ1) is 10.1. The number of hydrogen-bond donors (Lipinski definition) is 4. The maximum Gasteiger partial charge on any atom is 0.259 e. The fraction of sp³-hybridized carbons (Fsp3) is 0.857. The Bertz CT molecular complexity index is 250. The molecule has 2 fully saturated rings. The van der Waals surface area contributed by atoms with E-state index >= 15 is 0 Å². The molecular weight excluding hydrogens is 210 g/mol. The van der Waals surface area contributed by atoms with E-state index in [2.05, 4.69) is 5.32 Å². The average molecular weight is 221 g/mol. The van der Waals surface area contributed by atoms with E-state index in [0.29, 0.717) is 0 Å². The number of hydrogen-bond acceptors (Lipinski definition) is 6. The third-order valence-electron chi connectivity index (χ3n) is 2.34. The van der Waals surface area contributed by atoms with Crippen molar-refractivity contribution in [2.75, 3.05) is 6.61 Å². The van der Waals surface area contributed by atoms with Crippen LogP contribution in [0.2, 0.25) is 0 Å². The Morgan fingerprint density at radius 1 is 1.57 bits per heavy atom. The van der Waals surface area contributed by atoms with Crippen molar-refractivity contribution < 1.29 is 24.8 Å². The second-order valence-electron chi connectivity index (χ2n) is 3.28. The molecule has 2 aliphatic rings. The van der Waals surface area contributed by atoms with Crippen LogP contribution in [0.3, 0.4) is 0 Å². The van der Waals surface area contributed by atoms with E-state index in [1.54, 1.807) is 0 Å². The second kappa shape index (κ2) is 3.59. The Labute approximate surface area is 85.4 Å². The molecule has 2 saturated heterocycles. The van der Waals surface area contributed by atoms with Crippen LogP contribution in [0.25, 0.3) is 0 Å². The number of ether oxygens (including phenoxy) is 2. The minimum Gasteiger partial charge on any atom is -0.460 e. The van der Waals surface area contributed by atoms with Crippen LogP contribution in [0, 0.1) is 0 Å². The fourth-order valence-corrected chi connectivity index (χ4v) is 1.86. The van der Waals surface area contributed by atoms with Crippen LogP contribution < -0.4 is 5.32 Å². The van der Waals surface area contributed by atoms with Gasteiger partial charge in [-0.3, -0.25) is 0 Å². The predicted octanol–water partition coefficient (Wildman–Crippen LogP) is -2.30. The van der Waals surface area contributed by atoms with Gasteiger partial charge in [-0.15, -0.1) is 0 Å². The van der Waals surface area contributed by atoms with Crippen molar-refractivity contribution >= 4 is 17.4 Å². The lowest BCUT2D eigenvalue weighted by atomic mass is 10.1. The first-order valence-corrected chi connectivity index (χ1v) is 4.64. The molecule has 2 aliphatic heterocycles. The van der Waals surface area contributed by atoms with Crippen molar-refractivity contribution in [3.8, 4) is 0 Å². The van der Waals surface area contributed by atoms with E-state index in [9.17, 15) is 10.2 Å². The van der Waals surface area contributed by atoms with Crippen molar-refractivity contribution in [2.24, 2.45) is 0 Å². The lowest BCUT2D eigenvalue weighted by molar-refractivity contribution is -0.0846. The Morgan fingerprint density at radius 3 is 2.86 bits per heavy atom. The third-order valence-corrected chi connectivity index (χ3v) is 2.56. The Balaban J connectivity index is 2.05.